The summed E-state index contributed by atoms with van der Waals surface area (Å²) in [7, 11) is 0. The molecule has 0 N–H and O–H groups in total. The van der Waals surface area contributed by atoms with E-state index in [9.17, 15) is 4.79 Å². The highest BCUT2D eigenvalue weighted by molar-refractivity contribution is 5.77. The summed E-state index contributed by atoms with van der Waals surface area (Å²) in [5, 5.41) is 0. The molecule has 0 spiro atoms. The van der Waals surface area contributed by atoms with Gasteiger partial charge in [-0.2, -0.15) is 0 Å². The zero-order valence-corrected chi connectivity index (χ0v) is 13.5. The average Bonchev–Trinajstić information content (AvgIpc) is 2.87. The predicted molar refractivity (Wildman–Crippen MR) is 89.2 cm³/mol. The fourth-order valence-corrected chi connectivity index (χ4v) is 3.64. The van der Waals surface area contributed by atoms with Crippen molar-refractivity contribution in [1.29, 1.82) is 0 Å². The van der Waals surface area contributed by atoms with Crippen LogP contribution < -0.4 is 0 Å². The van der Waals surface area contributed by atoms with E-state index in [4.69, 9.17) is 9.47 Å². The van der Waals surface area contributed by atoms with Crippen LogP contribution in [-0.2, 0) is 20.7 Å². The Labute approximate surface area is 138 Å². The third-order valence-corrected chi connectivity index (χ3v) is 4.75. The molecule has 2 aliphatic rings. The molecule has 0 radical (unpaired) electrons. The first-order valence-corrected chi connectivity index (χ1v) is 8.47. The van der Waals surface area contributed by atoms with Crippen molar-refractivity contribution in [2.45, 2.75) is 43.9 Å². The molecule has 2 bridgehead atoms. The lowest BCUT2D eigenvalue weighted by Crippen LogP contribution is -2.46. The van der Waals surface area contributed by atoms with Crippen LogP contribution in [0.2, 0.25) is 0 Å². The molecule has 3 unspecified atom stereocenters. The van der Waals surface area contributed by atoms with Gasteiger partial charge in [0.05, 0.1) is 25.4 Å². The number of rotatable bonds is 6. The zero-order valence-electron chi connectivity index (χ0n) is 13.5. The van der Waals surface area contributed by atoms with Crippen LogP contribution in [0.15, 0.2) is 43.0 Å². The Bertz CT molecular complexity index is 531. The third kappa shape index (κ3) is 3.82. The van der Waals surface area contributed by atoms with Crippen molar-refractivity contribution in [3.05, 3.63) is 48.6 Å². The minimum atomic E-state index is -0.0174. The van der Waals surface area contributed by atoms with Crippen molar-refractivity contribution in [2.24, 2.45) is 0 Å². The van der Waals surface area contributed by atoms with Gasteiger partial charge in [0.2, 0.25) is 5.91 Å². The Morgan fingerprint density at radius 2 is 2.17 bits per heavy atom. The molecule has 3 atom stereocenters. The largest absolute Gasteiger partial charge is 0.374 e. The van der Waals surface area contributed by atoms with Crippen LogP contribution in [0.4, 0.5) is 0 Å². The number of aryl methyl sites for hydroxylation is 1. The van der Waals surface area contributed by atoms with E-state index in [0.717, 1.165) is 19.3 Å². The Kier molecular flexibility index (Phi) is 5.47. The first kappa shape index (κ1) is 16.2. The number of amides is 1. The molecule has 1 heterocycles. The highest BCUT2D eigenvalue weighted by Crippen LogP contribution is 2.32. The van der Waals surface area contributed by atoms with Crippen LogP contribution in [0.5, 0.6) is 0 Å². The van der Waals surface area contributed by atoms with Crippen molar-refractivity contribution in [1.82, 2.24) is 4.90 Å². The van der Waals surface area contributed by atoms with Crippen LogP contribution in [0.3, 0.4) is 0 Å². The smallest absolute Gasteiger partial charge is 0.223 e. The molecule has 4 heteroatoms. The SMILES string of the molecule is C=CCOC1C2CCC1N(C(=O)CCc1ccccc1)CCO2. The van der Waals surface area contributed by atoms with E-state index >= 15 is 0 Å². The summed E-state index contributed by atoms with van der Waals surface area (Å²) in [4.78, 5) is 14.7. The molecule has 1 amide bonds. The van der Waals surface area contributed by atoms with Crippen LogP contribution >= 0.6 is 0 Å². The number of nitrogens with zero attached hydrogens (tertiary/aromatic N) is 1. The highest BCUT2D eigenvalue weighted by Gasteiger charge is 2.44. The minimum Gasteiger partial charge on any atom is -0.374 e. The summed E-state index contributed by atoms with van der Waals surface area (Å²) in [5.74, 6) is 0.206. The molecule has 1 aliphatic heterocycles. The second-order valence-corrected chi connectivity index (χ2v) is 6.21. The first-order chi connectivity index (χ1) is 11.3. The topological polar surface area (TPSA) is 38.8 Å². The Morgan fingerprint density at radius 3 is 2.96 bits per heavy atom. The number of carbonyl (C=O) groups is 1. The van der Waals surface area contributed by atoms with Gasteiger partial charge in [-0.25, -0.2) is 0 Å². The van der Waals surface area contributed by atoms with Gasteiger partial charge in [0.15, 0.2) is 0 Å². The van der Waals surface area contributed by atoms with E-state index in [-0.39, 0.29) is 24.2 Å². The molecular formula is C19H25NO3. The maximum Gasteiger partial charge on any atom is 0.223 e. The van der Waals surface area contributed by atoms with Gasteiger partial charge in [0.1, 0.15) is 6.10 Å². The summed E-state index contributed by atoms with van der Waals surface area (Å²) in [6.07, 6.45) is 5.11. The lowest BCUT2D eigenvalue weighted by atomic mass is 10.1. The molecule has 1 aromatic carbocycles. The van der Waals surface area contributed by atoms with E-state index in [1.54, 1.807) is 6.08 Å². The second-order valence-electron chi connectivity index (χ2n) is 6.21. The molecule has 0 aromatic heterocycles. The summed E-state index contributed by atoms with van der Waals surface area (Å²) in [5.41, 5.74) is 1.20. The standard InChI is InChI=1S/C19H25NO3/c1-2-13-23-19-16-9-10-17(19)22-14-12-20(16)18(21)11-8-15-6-4-3-5-7-15/h2-7,16-17,19H,1,8-14H2. The molecule has 124 valence electrons. The minimum absolute atomic E-state index is 0.0174. The van der Waals surface area contributed by atoms with E-state index < -0.39 is 0 Å². The fraction of sp³-hybridized carbons (Fsp3) is 0.526. The van der Waals surface area contributed by atoms with Crippen molar-refractivity contribution in [3.63, 3.8) is 0 Å². The van der Waals surface area contributed by atoms with Gasteiger partial charge in [-0.3, -0.25) is 4.79 Å². The number of hydrogen-bond acceptors (Lipinski definition) is 3. The Hall–Kier alpha value is -1.65. The Morgan fingerprint density at radius 1 is 1.35 bits per heavy atom. The maximum atomic E-state index is 12.7. The number of benzene rings is 1. The van der Waals surface area contributed by atoms with Gasteiger partial charge in [0, 0.05) is 13.0 Å². The lowest BCUT2D eigenvalue weighted by molar-refractivity contribution is -0.135. The molecule has 23 heavy (non-hydrogen) atoms. The van der Waals surface area contributed by atoms with Crippen molar-refractivity contribution >= 4 is 5.91 Å². The lowest BCUT2D eigenvalue weighted by Gasteiger charge is -2.31. The van der Waals surface area contributed by atoms with Crippen LogP contribution in [-0.4, -0.2) is 48.8 Å². The number of fused-ring (bicyclic) bond motifs is 2. The van der Waals surface area contributed by atoms with E-state index in [1.807, 2.05) is 23.1 Å². The van der Waals surface area contributed by atoms with Gasteiger partial charge in [-0.05, 0) is 24.8 Å². The molecular weight excluding hydrogens is 290 g/mol. The molecule has 1 aromatic rings. The fourth-order valence-electron chi connectivity index (χ4n) is 3.64. The Balaban J connectivity index is 1.63. The van der Waals surface area contributed by atoms with Gasteiger partial charge in [0.25, 0.3) is 0 Å². The van der Waals surface area contributed by atoms with Crippen LogP contribution in [0.1, 0.15) is 24.8 Å². The number of hydrogen-bond donors (Lipinski definition) is 0. The zero-order chi connectivity index (χ0) is 16.1. The van der Waals surface area contributed by atoms with E-state index in [1.165, 1.54) is 5.56 Å². The number of ether oxygens (including phenoxy) is 2. The molecule has 4 nitrogen and oxygen atoms in total. The second kappa shape index (κ2) is 7.75. The summed E-state index contributed by atoms with van der Waals surface area (Å²) in [6, 6.07) is 10.3. The van der Waals surface area contributed by atoms with E-state index in [0.29, 0.717) is 26.2 Å². The summed E-state index contributed by atoms with van der Waals surface area (Å²) >= 11 is 0. The highest BCUT2D eigenvalue weighted by atomic mass is 16.5. The molecule has 2 fully saturated rings. The molecule has 3 rings (SSSR count). The number of carbonyl (C=O) groups excluding carboxylic acids is 1. The molecule has 1 saturated carbocycles. The quantitative estimate of drug-likeness (QED) is 0.757. The van der Waals surface area contributed by atoms with E-state index in [2.05, 4.69) is 18.7 Å². The van der Waals surface area contributed by atoms with Crippen LogP contribution in [0, 0.1) is 0 Å². The first-order valence-electron chi connectivity index (χ1n) is 8.47. The van der Waals surface area contributed by atoms with Gasteiger partial charge >= 0.3 is 0 Å². The monoisotopic (exact) mass is 315 g/mol. The van der Waals surface area contributed by atoms with Crippen molar-refractivity contribution in [3.8, 4) is 0 Å². The van der Waals surface area contributed by atoms with Crippen LogP contribution in [0.25, 0.3) is 0 Å². The average molecular weight is 315 g/mol. The third-order valence-electron chi connectivity index (χ3n) is 4.75. The van der Waals surface area contributed by atoms with Gasteiger partial charge < -0.3 is 14.4 Å². The van der Waals surface area contributed by atoms with Gasteiger partial charge in [-0.1, -0.05) is 36.4 Å². The van der Waals surface area contributed by atoms with Crippen molar-refractivity contribution < 1.29 is 14.3 Å². The predicted octanol–water partition coefficient (Wildman–Crippen LogP) is 2.58. The normalized spacial score (nSPS) is 26.8. The molecule has 1 aliphatic carbocycles. The van der Waals surface area contributed by atoms with Gasteiger partial charge in [-0.15, -0.1) is 6.58 Å². The van der Waals surface area contributed by atoms with Crippen molar-refractivity contribution in [2.75, 3.05) is 19.8 Å². The summed E-state index contributed by atoms with van der Waals surface area (Å²) in [6.45, 7) is 5.49. The summed E-state index contributed by atoms with van der Waals surface area (Å²) < 4.78 is 11.8. The molecule has 1 saturated heterocycles. The maximum absolute atomic E-state index is 12.7.